The largest absolute Gasteiger partial charge is 0.507 e. The standard InChI is InChI=1S/C46H52N2O8/c1-23(2)35-31-19-25(5)37(43(51)39(31)33(41(49)45(35)53)21-47-27(7)13-15-29-11-9-17-55-29)38-26(6)20-32-36(24(3)4)46(54)42(50)34(40(32)44(38)52)22-48-28(8)14-16-30-12-10-18-56-30/h9-12,17-24,27-28,49-54H,13-16H2,1-8H3. The van der Waals surface area contributed by atoms with Gasteiger partial charge < -0.3 is 39.5 Å². The Balaban J connectivity index is 1.57. The van der Waals surface area contributed by atoms with E-state index in [0.29, 0.717) is 69.8 Å². The Morgan fingerprint density at radius 1 is 0.554 bits per heavy atom. The lowest BCUT2D eigenvalue weighted by molar-refractivity contribution is 0.398. The summed E-state index contributed by atoms with van der Waals surface area (Å²) >= 11 is 0. The number of hydrogen-bond donors (Lipinski definition) is 6. The van der Waals surface area contributed by atoms with Gasteiger partial charge in [0.1, 0.15) is 23.0 Å². The van der Waals surface area contributed by atoms with Gasteiger partial charge in [0.25, 0.3) is 0 Å². The summed E-state index contributed by atoms with van der Waals surface area (Å²) in [5, 5.41) is 72.1. The van der Waals surface area contributed by atoms with Crippen LogP contribution in [0.15, 0.2) is 67.7 Å². The zero-order valence-corrected chi connectivity index (χ0v) is 33.3. The molecule has 0 amide bonds. The molecular formula is C46H52N2O8. The van der Waals surface area contributed by atoms with Crippen molar-refractivity contribution in [1.82, 2.24) is 0 Å². The second kappa shape index (κ2) is 16.1. The van der Waals surface area contributed by atoms with E-state index < -0.39 is 11.5 Å². The van der Waals surface area contributed by atoms with Crippen LogP contribution in [-0.4, -0.2) is 55.2 Å². The van der Waals surface area contributed by atoms with Crippen molar-refractivity contribution in [3.05, 3.63) is 93.8 Å². The Bertz CT molecular complexity index is 2270. The summed E-state index contributed by atoms with van der Waals surface area (Å²) in [4.78, 5) is 9.42. The van der Waals surface area contributed by atoms with Crippen LogP contribution in [0.25, 0.3) is 32.7 Å². The minimum absolute atomic E-state index is 0.143. The summed E-state index contributed by atoms with van der Waals surface area (Å²) in [6.07, 6.45) is 8.86. The van der Waals surface area contributed by atoms with Crippen LogP contribution in [0.4, 0.5) is 0 Å². The van der Waals surface area contributed by atoms with Gasteiger partial charge in [-0.3, -0.25) is 9.98 Å². The van der Waals surface area contributed by atoms with Crippen molar-refractivity contribution in [3.63, 3.8) is 0 Å². The van der Waals surface area contributed by atoms with Gasteiger partial charge in [-0.1, -0.05) is 39.8 Å². The van der Waals surface area contributed by atoms with Crippen LogP contribution < -0.4 is 0 Å². The molecular weight excluding hydrogens is 709 g/mol. The van der Waals surface area contributed by atoms with Gasteiger partial charge in [0.15, 0.2) is 23.0 Å². The smallest absolute Gasteiger partial charge is 0.167 e. The fourth-order valence-corrected chi connectivity index (χ4v) is 7.79. The molecule has 0 radical (unpaired) electrons. The molecule has 0 aliphatic carbocycles. The number of aryl methyl sites for hydroxylation is 4. The number of benzene rings is 4. The summed E-state index contributed by atoms with van der Waals surface area (Å²) in [7, 11) is 0. The minimum Gasteiger partial charge on any atom is -0.507 e. The SMILES string of the molecule is Cc1cc2c(C(C)C)c(O)c(O)c(C=NC(C)CCc3ccco3)c2c(O)c1-c1c(C)cc2c(C(C)C)c(O)c(O)c(C=NC(C)CCc3ccco3)c2c1O. The second-order valence-corrected chi connectivity index (χ2v) is 15.5. The predicted molar refractivity (Wildman–Crippen MR) is 223 cm³/mol. The molecule has 0 aliphatic heterocycles. The van der Waals surface area contributed by atoms with E-state index in [9.17, 15) is 30.6 Å². The van der Waals surface area contributed by atoms with Crippen LogP contribution in [0.2, 0.25) is 0 Å². The maximum atomic E-state index is 12.4. The molecule has 2 aromatic heterocycles. The summed E-state index contributed by atoms with van der Waals surface area (Å²) in [5.41, 5.74) is 3.03. The number of phenols is 6. The average molecular weight is 761 g/mol. The molecule has 0 fully saturated rings. The Morgan fingerprint density at radius 2 is 0.929 bits per heavy atom. The monoisotopic (exact) mass is 760 g/mol. The molecule has 0 saturated heterocycles. The summed E-state index contributed by atoms with van der Waals surface area (Å²) in [6, 6.07) is 10.8. The molecule has 0 saturated carbocycles. The van der Waals surface area contributed by atoms with Gasteiger partial charge in [0, 0.05) is 81.5 Å². The number of fused-ring (bicyclic) bond motifs is 2. The maximum absolute atomic E-state index is 12.4. The first-order chi connectivity index (χ1) is 26.6. The number of rotatable bonds is 13. The third-order valence-corrected chi connectivity index (χ3v) is 10.7. The van der Waals surface area contributed by atoms with E-state index in [1.807, 2.05) is 91.8 Å². The first kappa shape index (κ1) is 39.8. The number of furan rings is 2. The van der Waals surface area contributed by atoms with E-state index >= 15 is 0 Å². The van der Waals surface area contributed by atoms with Gasteiger partial charge in [0.05, 0.1) is 12.5 Å². The van der Waals surface area contributed by atoms with E-state index in [0.717, 1.165) is 11.5 Å². The van der Waals surface area contributed by atoms with Crippen LogP contribution in [0.3, 0.4) is 0 Å². The van der Waals surface area contributed by atoms with Crippen molar-refractivity contribution in [3.8, 4) is 45.6 Å². The van der Waals surface area contributed by atoms with E-state index in [1.165, 1.54) is 12.4 Å². The molecule has 6 aromatic rings. The quantitative estimate of drug-likeness (QED) is 0.0498. The van der Waals surface area contributed by atoms with Crippen LogP contribution >= 0.6 is 0 Å². The third-order valence-electron chi connectivity index (χ3n) is 10.7. The zero-order chi connectivity index (χ0) is 40.6. The third kappa shape index (κ3) is 7.40. The van der Waals surface area contributed by atoms with Gasteiger partial charge in [-0.25, -0.2) is 0 Å². The molecule has 0 spiro atoms. The molecule has 4 aromatic carbocycles. The topological polar surface area (TPSA) is 172 Å². The molecule has 10 nitrogen and oxygen atoms in total. The molecule has 0 bridgehead atoms. The van der Waals surface area contributed by atoms with Crippen LogP contribution in [-0.2, 0) is 12.8 Å². The van der Waals surface area contributed by atoms with Crippen molar-refractivity contribution < 1.29 is 39.5 Å². The van der Waals surface area contributed by atoms with Crippen molar-refractivity contribution in [2.75, 3.05) is 0 Å². The highest BCUT2D eigenvalue weighted by atomic mass is 16.3. The predicted octanol–water partition coefficient (Wildman–Crippen LogP) is 10.8. The fraction of sp³-hybridized carbons (Fsp3) is 0.348. The van der Waals surface area contributed by atoms with Crippen LogP contribution in [0.5, 0.6) is 34.5 Å². The molecule has 294 valence electrons. The maximum Gasteiger partial charge on any atom is 0.167 e. The van der Waals surface area contributed by atoms with Crippen molar-refractivity contribution in [2.24, 2.45) is 9.98 Å². The summed E-state index contributed by atoms with van der Waals surface area (Å²) in [6.45, 7) is 15.1. The highest BCUT2D eigenvalue weighted by molar-refractivity contribution is 6.15. The first-order valence-corrected chi connectivity index (χ1v) is 19.2. The molecule has 56 heavy (non-hydrogen) atoms. The van der Waals surface area contributed by atoms with E-state index in [4.69, 9.17) is 18.8 Å². The highest BCUT2D eigenvalue weighted by Crippen LogP contribution is 2.54. The minimum atomic E-state index is -0.408. The fourth-order valence-electron chi connectivity index (χ4n) is 7.79. The van der Waals surface area contributed by atoms with Gasteiger partial charge in [-0.2, -0.15) is 0 Å². The summed E-state index contributed by atoms with van der Waals surface area (Å²) < 4.78 is 10.9. The number of aromatic hydroxyl groups is 6. The normalized spacial score (nSPS) is 13.4. The summed E-state index contributed by atoms with van der Waals surface area (Å²) in [5.74, 6) is -0.599. The average Bonchev–Trinajstić information content (AvgIpc) is 3.87. The van der Waals surface area contributed by atoms with Crippen LogP contribution in [0.1, 0.15) is 111 Å². The number of phenolic OH excluding ortho intramolecular Hbond substituents is 6. The molecule has 6 rings (SSSR count). The lowest BCUT2D eigenvalue weighted by Crippen LogP contribution is -2.04. The molecule has 10 heteroatoms. The van der Waals surface area contributed by atoms with E-state index in [1.54, 1.807) is 12.5 Å². The Labute approximate surface area is 327 Å². The van der Waals surface area contributed by atoms with E-state index in [-0.39, 0.29) is 68.8 Å². The van der Waals surface area contributed by atoms with Gasteiger partial charge in [0.2, 0.25) is 0 Å². The molecule has 6 N–H and O–H groups in total. The zero-order valence-electron chi connectivity index (χ0n) is 33.3. The van der Waals surface area contributed by atoms with Crippen molar-refractivity contribution >= 4 is 34.0 Å². The van der Waals surface area contributed by atoms with Gasteiger partial charge in [-0.05, 0) is 98.5 Å². The number of aliphatic imine (C=N–C) groups is 2. The van der Waals surface area contributed by atoms with Crippen molar-refractivity contribution in [1.29, 1.82) is 0 Å². The Hall–Kier alpha value is -5.90. The lowest BCUT2D eigenvalue weighted by Gasteiger charge is -2.23. The highest BCUT2D eigenvalue weighted by Gasteiger charge is 2.29. The molecule has 2 heterocycles. The Morgan fingerprint density at radius 3 is 1.25 bits per heavy atom. The first-order valence-electron chi connectivity index (χ1n) is 19.2. The molecule has 2 unspecified atom stereocenters. The van der Waals surface area contributed by atoms with Gasteiger partial charge in [-0.15, -0.1) is 0 Å². The molecule has 0 aliphatic rings. The second-order valence-electron chi connectivity index (χ2n) is 15.5. The molecule has 2 atom stereocenters. The Kier molecular flexibility index (Phi) is 11.4. The van der Waals surface area contributed by atoms with Crippen molar-refractivity contribution in [2.45, 2.75) is 105 Å². The number of nitrogens with zero attached hydrogens (tertiary/aromatic N) is 2. The lowest BCUT2D eigenvalue weighted by atomic mass is 9.83. The van der Waals surface area contributed by atoms with Gasteiger partial charge >= 0.3 is 0 Å². The number of hydrogen-bond acceptors (Lipinski definition) is 10. The van der Waals surface area contributed by atoms with Crippen LogP contribution in [0, 0.1) is 13.8 Å². The van der Waals surface area contributed by atoms with E-state index in [2.05, 4.69) is 0 Å².